The van der Waals surface area contributed by atoms with Crippen molar-refractivity contribution in [1.82, 2.24) is 25.2 Å². The minimum Gasteiger partial charge on any atom is -0.474 e. The zero-order valence-corrected chi connectivity index (χ0v) is 19.4. The Bertz CT molecular complexity index is 1150. The molecule has 1 aromatic heterocycles. The summed E-state index contributed by atoms with van der Waals surface area (Å²) >= 11 is 4.93. The molecule has 34 heavy (non-hydrogen) atoms. The highest BCUT2D eigenvalue weighted by Gasteiger charge is 2.28. The number of ether oxygens (including phenoxy) is 1. The first-order valence-corrected chi connectivity index (χ1v) is 11.2. The van der Waals surface area contributed by atoms with E-state index in [0.29, 0.717) is 55.4 Å². The van der Waals surface area contributed by atoms with Crippen LogP contribution in [0.2, 0.25) is 0 Å². The van der Waals surface area contributed by atoms with Gasteiger partial charge in [0.15, 0.2) is 6.10 Å². The Morgan fingerprint density at radius 1 is 1.21 bits per heavy atom. The van der Waals surface area contributed by atoms with Crippen molar-refractivity contribution in [2.24, 2.45) is 0 Å². The van der Waals surface area contributed by atoms with Crippen LogP contribution in [0.4, 0.5) is 10.1 Å². The van der Waals surface area contributed by atoms with Gasteiger partial charge < -0.3 is 25.0 Å². The Balaban J connectivity index is 1.36. The molecule has 1 fully saturated rings. The van der Waals surface area contributed by atoms with Gasteiger partial charge in [-0.1, -0.05) is 35.5 Å². The van der Waals surface area contributed by atoms with E-state index in [1.54, 1.807) is 47.5 Å². The number of aromatic nitrogens is 3. The van der Waals surface area contributed by atoms with Crippen LogP contribution in [0.3, 0.4) is 0 Å². The van der Waals surface area contributed by atoms with Crippen LogP contribution < -0.4 is 10.2 Å². The lowest BCUT2D eigenvalue weighted by Crippen LogP contribution is -2.50. The van der Waals surface area contributed by atoms with Crippen molar-refractivity contribution in [3.8, 4) is 5.69 Å². The van der Waals surface area contributed by atoms with Crippen molar-refractivity contribution in [2.45, 2.75) is 12.6 Å². The summed E-state index contributed by atoms with van der Waals surface area (Å²) in [7, 11) is 1.47. The van der Waals surface area contributed by atoms with Crippen molar-refractivity contribution in [3.05, 3.63) is 71.8 Å². The summed E-state index contributed by atoms with van der Waals surface area (Å²) < 4.78 is 21.3. The van der Waals surface area contributed by atoms with Gasteiger partial charge in [-0.3, -0.25) is 4.79 Å². The van der Waals surface area contributed by atoms with Gasteiger partial charge in [0.05, 0.1) is 31.2 Å². The second-order valence-electron chi connectivity index (χ2n) is 7.76. The van der Waals surface area contributed by atoms with Gasteiger partial charge in [0.2, 0.25) is 0 Å². The van der Waals surface area contributed by atoms with Crippen LogP contribution in [0.5, 0.6) is 0 Å². The molecule has 1 aliphatic heterocycles. The summed E-state index contributed by atoms with van der Waals surface area (Å²) in [5, 5.41) is 21.6. The molecule has 0 saturated carbocycles. The number of nitrogens with zero attached hydrogens (tertiary/aromatic N) is 5. The third-order valence-electron chi connectivity index (χ3n) is 5.62. The van der Waals surface area contributed by atoms with E-state index in [-0.39, 0.29) is 11.1 Å². The Hall–Kier alpha value is -3.57. The molecule has 178 valence electrons. The number of methoxy groups -OCH3 is 1. The average Bonchev–Trinajstić information content (AvgIpc) is 3.36. The Morgan fingerprint density at radius 2 is 1.94 bits per heavy atom. The Labute approximate surface area is 201 Å². The number of amides is 1. The number of thiocarbonyl (C=S) groups is 1. The lowest BCUT2D eigenvalue weighted by atomic mass is 10.1. The number of carbonyl (C=O) groups is 1. The van der Waals surface area contributed by atoms with E-state index in [0.717, 1.165) is 0 Å². The van der Waals surface area contributed by atoms with Gasteiger partial charge in [-0.2, -0.15) is 0 Å². The molecule has 1 atom stereocenters. The average molecular weight is 485 g/mol. The van der Waals surface area contributed by atoms with Gasteiger partial charge in [-0.05, 0) is 29.9 Å². The van der Waals surface area contributed by atoms with Gasteiger partial charge in [0, 0.05) is 32.2 Å². The SMILES string of the molecule is COC(=S)NCc1cn(-c2ccc(N3CCN(C(=O)C(O)c4ccccc4)CC3)c(F)c2)nn1. The number of aliphatic hydroxyl groups excluding tert-OH is 1. The number of hydrogen-bond donors (Lipinski definition) is 2. The first-order valence-electron chi connectivity index (χ1n) is 10.8. The number of rotatable bonds is 6. The number of halogens is 1. The van der Waals surface area contributed by atoms with E-state index >= 15 is 0 Å². The third kappa shape index (κ3) is 5.32. The van der Waals surface area contributed by atoms with E-state index in [1.807, 2.05) is 11.0 Å². The van der Waals surface area contributed by atoms with E-state index in [9.17, 15) is 14.3 Å². The molecule has 2 aromatic carbocycles. The number of hydrogen-bond acceptors (Lipinski definition) is 7. The Morgan fingerprint density at radius 3 is 2.62 bits per heavy atom. The lowest BCUT2D eigenvalue weighted by Gasteiger charge is -2.37. The summed E-state index contributed by atoms with van der Waals surface area (Å²) in [6.45, 7) is 2.05. The number of nitrogens with one attached hydrogen (secondary N) is 1. The standard InChI is InChI=1S/C23H25FN6O3S/c1-33-23(34)25-14-17-15-30(27-26-17)18-7-8-20(19(24)13-18)28-9-11-29(12-10-28)22(32)21(31)16-5-3-2-4-6-16/h2-8,13,15,21,31H,9-12,14H2,1H3,(H,25,34). The maximum Gasteiger partial charge on any atom is 0.256 e. The minimum absolute atomic E-state index is 0.251. The molecule has 3 aromatic rings. The minimum atomic E-state index is -1.20. The smallest absolute Gasteiger partial charge is 0.256 e. The first-order chi connectivity index (χ1) is 16.5. The van der Waals surface area contributed by atoms with Crippen LogP contribution in [0, 0.1) is 5.82 Å². The molecule has 11 heteroatoms. The Kier molecular flexibility index (Phi) is 7.33. The van der Waals surface area contributed by atoms with Crippen molar-refractivity contribution in [1.29, 1.82) is 0 Å². The normalized spacial score (nSPS) is 14.6. The topological polar surface area (TPSA) is 95.8 Å². The largest absolute Gasteiger partial charge is 0.474 e. The molecule has 0 aliphatic carbocycles. The highest BCUT2D eigenvalue weighted by atomic mass is 32.1. The van der Waals surface area contributed by atoms with Crippen LogP contribution >= 0.6 is 12.2 Å². The molecular weight excluding hydrogens is 459 g/mol. The summed E-state index contributed by atoms with van der Waals surface area (Å²) in [6.07, 6.45) is 0.485. The van der Waals surface area contributed by atoms with Crippen molar-refractivity contribution >= 4 is 29.0 Å². The molecule has 9 nitrogen and oxygen atoms in total. The molecule has 0 bridgehead atoms. The summed E-state index contributed by atoms with van der Waals surface area (Å²) in [6, 6.07) is 13.7. The summed E-state index contributed by atoms with van der Waals surface area (Å²) in [4.78, 5) is 16.2. The molecule has 2 heterocycles. The summed E-state index contributed by atoms with van der Waals surface area (Å²) in [5.74, 6) is -0.734. The third-order valence-corrected chi connectivity index (χ3v) is 5.93. The van der Waals surface area contributed by atoms with Gasteiger partial charge >= 0.3 is 0 Å². The van der Waals surface area contributed by atoms with E-state index in [1.165, 1.54) is 17.9 Å². The molecule has 0 spiro atoms. The molecule has 4 rings (SSSR count). The fourth-order valence-corrected chi connectivity index (χ4v) is 3.83. The fourth-order valence-electron chi connectivity index (χ4n) is 3.75. The van der Waals surface area contributed by atoms with Gasteiger partial charge in [0.25, 0.3) is 11.1 Å². The predicted molar refractivity (Wildman–Crippen MR) is 128 cm³/mol. The fraction of sp³-hybridized carbons (Fsp3) is 0.304. The zero-order valence-electron chi connectivity index (χ0n) is 18.6. The maximum atomic E-state index is 15.0. The van der Waals surface area contributed by atoms with Gasteiger partial charge in [-0.25, -0.2) is 9.07 Å². The maximum absolute atomic E-state index is 15.0. The van der Waals surface area contributed by atoms with Crippen LogP contribution in [-0.2, 0) is 16.1 Å². The molecule has 1 aliphatic rings. The monoisotopic (exact) mass is 484 g/mol. The van der Waals surface area contributed by atoms with Crippen molar-refractivity contribution < 1.29 is 19.0 Å². The molecule has 2 N–H and O–H groups in total. The number of carbonyl (C=O) groups excluding carboxylic acids is 1. The highest BCUT2D eigenvalue weighted by Crippen LogP contribution is 2.24. The van der Waals surface area contributed by atoms with Crippen LogP contribution in [0.1, 0.15) is 17.4 Å². The molecule has 1 unspecified atom stereocenters. The molecular formula is C23H25FN6O3S. The summed E-state index contributed by atoms with van der Waals surface area (Å²) in [5.41, 5.74) is 2.17. The lowest BCUT2D eigenvalue weighted by molar-refractivity contribution is -0.140. The predicted octanol–water partition coefficient (Wildman–Crippen LogP) is 1.81. The van der Waals surface area contributed by atoms with Crippen LogP contribution in [0.25, 0.3) is 5.69 Å². The molecule has 1 saturated heterocycles. The second-order valence-corrected chi connectivity index (χ2v) is 8.13. The van der Waals surface area contributed by atoms with E-state index < -0.39 is 11.9 Å². The molecule has 1 amide bonds. The number of benzene rings is 2. The first kappa shape index (κ1) is 23.6. The van der Waals surface area contributed by atoms with Gasteiger partial charge in [-0.15, -0.1) is 5.10 Å². The van der Waals surface area contributed by atoms with E-state index in [2.05, 4.69) is 15.6 Å². The zero-order chi connectivity index (χ0) is 24.1. The highest BCUT2D eigenvalue weighted by molar-refractivity contribution is 7.80. The van der Waals surface area contributed by atoms with Gasteiger partial charge in [0.1, 0.15) is 11.5 Å². The number of piperazine rings is 1. The number of anilines is 1. The van der Waals surface area contributed by atoms with Crippen molar-refractivity contribution in [2.75, 3.05) is 38.2 Å². The molecule has 0 radical (unpaired) electrons. The van der Waals surface area contributed by atoms with Crippen molar-refractivity contribution in [3.63, 3.8) is 0 Å². The second kappa shape index (κ2) is 10.6. The number of aliphatic hydroxyl groups is 1. The van der Waals surface area contributed by atoms with Crippen LogP contribution in [0.15, 0.2) is 54.7 Å². The van der Waals surface area contributed by atoms with E-state index in [4.69, 9.17) is 17.0 Å². The quantitative estimate of drug-likeness (QED) is 0.512. The van der Waals surface area contributed by atoms with Crippen LogP contribution in [-0.4, -0.2) is 69.4 Å².